The molecule has 2 rings (SSSR count). The third-order valence-corrected chi connectivity index (χ3v) is 5.04. The first kappa shape index (κ1) is 18.8. The van der Waals surface area contributed by atoms with Gasteiger partial charge in [-0.05, 0) is 57.3 Å². The van der Waals surface area contributed by atoms with E-state index in [1.165, 1.54) is 26.4 Å². The summed E-state index contributed by atoms with van der Waals surface area (Å²) < 4.78 is 11.3. The van der Waals surface area contributed by atoms with Gasteiger partial charge in [0, 0.05) is 22.3 Å². The average molecular weight is 554 g/mol. The standard InChI is InChI=1S/C16H12I2O6/c1-23-15-11(7(5-19)3-9(17)13(15)21)12-8(6-20)4-10(18)14(22)16(12)24-2/h3-6,21-22H,1-2H3. The number of halogens is 2. The monoisotopic (exact) mass is 554 g/mol. The van der Waals surface area contributed by atoms with Gasteiger partial charge in [-0.3, -0.25) is 9.59 Å². The first-order chi connectivity index (χ1) is 11.4. The first-order valence-electron chi connectivity index (χ1n) is 6.50. The second kappa shape index (κ2) is 7.55. The van der Waals surface area contributed by atoms with E-state index in [1.807, 2.05) is 45.2 Å². The largest absolute Gasteiger partial charge is 0.504 e. The second-order valence-corrected chi connectivity index (χ2v) is 6.97. The zero-order valence-electron chi connectivity index (χ0n) is 12.6. The Morgan fingerprint density at radius 2 is 1.17 bits per heavy atom. The van der Waals surface area contributed by atoms with Gasteiger partial charge in [-0.15, -0.1) is 0 Å². The Hall–Kier alpha value is -1.56. The van der Waals surface area contributed by atoms with Gasteiger partial charge < -0.3 is 19.7 Å². The van der Waals surface area contributed by atoms with Crippen LogP contribution in [0.25, 0.3) is 11.1 Å². The summed E-state index contributed by atoms with van der Waals surface area (Å²) in [6.07, 6.45) is 1.17. The predicted molar refractivity (Wildman–Crippen MR) is 105 cm³/mol. The predicted octanol–water partition coefficient (Wildman–Crippen LogP) is 3.62. The maximum Gasteiger partial charge on any atom is 0.172 e. The average Bonchev–Trinajstić information content (AvgIpc) is 2.58. The maximum absolute atomic E-state index is 11.5. The molecule has 0 heterocycles. The van der Waals surface area contributed by atoms with Gasteiger partial charge >= 0.3 is 0 Å². The van der Waals surface area contributed by atoms with Crippen LogP contribution in [0.5, 0.6) is 23.0 Å². The molecule has 0 atom stereocenters. The van der Waals surface area contributed by atoms with Crippen LogP contribution in [0.15, 0.2) is 12.1 Å². The van der Waals surface area contributed by atoms with Crippen LogP contribution >= 0.6 is 45.2 Å². The number of methoxy groups -OCH3 is 2. The summed E-state index contributed by atoms with van der Waals surface area (Å²) in [5, 5.41) is 20.5. The fraction of sp³-hybridized carbons (Fsp3) is 0.125. The number of rotatable bonds is 5. The van der Waals surface area contributed by atoms with Crippen molar-refractivity contribution >= 4 is 57.8 Å². The van der Waals surface area contributed by atoms with Crippen molar-refractivity contribution in [2.45, 2.75) is 0 Å². The van der Waals surface area contributed by atoms with Crippen molar-refractivity contribution in [2.24, 2.45) is 0 Å². The van der Waals surface area contributed by atoms with Crippen LogP contribution in [0.3, 0.4) is 0 Å². The van der Waals surface area contributed by atoms with Gasteiger partial charge in [0.15, 0.2) is 35.6 Å². The van der Waals surface area contributed by atoms with Gasteiger partial charge in [0.1, 0.15) is 0 Å². The van der Waals surface area contributed by atoms with Gasteiger partial charge in [0.05, 0.1) is 21.4 Å². The van der Waals surface area contributed by atoms with Crippen LogP contribution in [-0.2, 0) is 0 Å². The van der Waals surface area contributed by atoms with Crippen molar-refractivity contribution in [3.05, 3.63) is 30.4 Å². The highest BCUT2D eigenvalue weighted by Gasteiger charge is 2.26. The molecule has 8 heteroatoms. The van der Waals surface area contributed by atoms with Gasteiger partial charge in [-0.25, -0.2) is 0 Å². The molecule has 0 aliphatic heterocycles. The Kier molecular flexibility index (Phi) is 5.91. The number of phenols is 2. The van der Waals surface area contributed by atoms with Gasteiger partial charge in [0.25, 0.3) is 0 Å². The van der Waals surface area contributed by atoms with E-state index >= 15 is 0 Å². The van der Waals surface area contributed by atoms with E-state index in [-0.39, 0.29) is 45.3 Å². The maximum atomic E-state index is 11.5. The smallest absolute Gasteiger partial charge is 0.172 e. The van der Waals surface area contributed by atoms with Gasteiger partial charge in [-0.2, -0.15) is 0 Å². The van der Waals surface area contributed by atoms with Crippen LogP contribution in [0.1, 0.15) is 20.7 Å². The fourth-order valence-corrected chi connectivity index (χ4v) is 3.53. The molecule has 2 aromatic rings. The van der Waals surface area contributed by atoms with Crippen molar-refractivity contribution in [1.29, 1.82) is 0 Å². The lowest BCUT2D eigenvalue weighted by Crippen LogP contribution is -2.02. The lowest BCUT2D eigenvalue weighted by Gasteiger charge is -2.19. The topological polar surface area (TPSA) is 93.1 Å². The lowest BCUT2D eigenvalue weighted by atomic mass is 9.93. The number of carbonyl (C=O) groups excluding carboxylic acids is 2. The third kappa shape index (κ3) is 3.04. The Morgan fingerprint density at radius 3 is 1.42 bits per heavy atom. The molecule has 24 heavy (non-hydrogen) atoms. The number of carbonyl (C=O) groups is 2. The van der Waals surface area contributed by atoms with E-state index in [0.717, 1.165) is 0 Å². The normalized spacial score (nSPS) is 10.3. The van der Waals surface area contributed by atoms with Crippen molar-refractivity contribution in [3.8, 4) is 34.1 Å². The highest BCUT2D eigenvalue weighted by Crippen LogP contribution is 2.50. The summed E-state index contributed by atoms with van der Waals surface area (Å²) in [6.45, 7) is 0. The molecular formula is C16H12I2O6. The van der Waals surface area contributed by atoms with E-state index in [2.05, 4.69) is 0 Å². The molecule has 0 fully saturated rings. The van der Waals surface area contributed by atoms with Crippen LogP contribution in [0.4, 0.5) is 0 Å². The van der Waals surface area contributed by atoms with Crippen LogP contribution in [0.2, 0.25) is 0 Å². The minimum Gasteiger partial charge on any atom is -0.504 e. The number of benzene rings is 2. The lowest BCUT2D eigenvalue weighted by molar-refractivity contribution is 0.111. The number of hydrogen-bond donors (Lipinski definition) is 2. The van der Waals surface area contributed by atoms with Crippen LogP contribution in [-0.4, -0.2) is 37.0 Å². The van der Waals surface area contributed by atoms with E-state index in [1.54, 1.807) is 0 Å². The van der Waals surface area contributed by atoms with E-state index < -0.39 is 0 Å². The molecule has 0 bridgehead atoms. The number of hydrogen-bond acceptors (Lipinski definition) is 6. The van der Waals surface area contributed by atoms with Crippen LogP contribution < -0.4 is 9.47 Å². The molecule has 0 aromatic heterocycles. The molecule has 0 saturated heterocycles. The highest BCUT2D eigenvalue weighted by molar-refractivity contribution is 14.1. The Bertz CT molecular complexity index is 763. The number of ether oxygens (including phenoxy) is 2. The summed E-state index contributed by atoms with van der Waals surface area (Å²) >= 11 is 3.73. The summed E-state index contributed by atoms with van der Waals surface area (Å²) in [6, 6.07) is 2.92. The van der Waals surface area contributed by atoms with Crippen molar-refractivity contribution in [2.75, 3.05) is 14.2 Å². The zero-order chi connectivity index (χ0) is 18.0. The molecule has 0 unspecified atom stereocenters. The number of aldehydes is 2. The molecule has 0 aliphatic carbocycles. The fourth-order valence-electron chi connectivity index (χ4n) is 2.37. The summed E-state index contributed by atoms with van der Waals surface area (Å²) in [5.41, 5.74) is 0.735. The molecule has 126 valence electrons. The quantitative estimate of drug-likeness (QED) is 0.434. The minimum atomic E-state index is -0.171. The Labute approximate surface area is 165 Å². The summed E-state index contributed by atoms with van der Waals surface area (Å²) in [4.78, 5) is 23.1. The van der Waals surface area contributed by atoms with Crippen molar-refractivity contribution in [1.82, 2.24) is 0 Å². The molecule has 0 spiro atoms. The summed E-state index contributed by atoms with van der Waals surface area (Å²) in [7, 11) is 2.67. The zero-order valence-corrected chi connectivity index (χ0v) is 16.9. The Morgan fingerprint density at radius 1 is 0.833 bits per heavy atom. The molecule has 2 N–H and O–H groups in total. The second-order valence-electron chi connectivity index (χ2n) is 4.64. The molecule has 6 nitrogen and oxygen atoms in total. The number of phenolic OH excluding ortho intramolecular Hbond substituents is 2. The molecule has 0 radical (unpaired) electrons. The number of aromatic hydroxyl groups is 2. The third-order valence-electron chi connectivity index (χ3n) is 3.39. The van der Waals surface area contributed by atoms with E-state index in [4.69, 9.17) is 9.47 Å². The van der Waals surface area contributed by atoms with Gasteiger partial charge in [0.2, 0.25) is 0 Å². The van der Waals surface area contributed by atoms with Crippen LogP contribution in [0, 0.1) is 7.14 Å². The van der Waals surface area contributed by atoms with Crippen molar-refractivity contribution in [3.63, 3.8) is 0 Å². The summed E-state index contributed by atoms with van der Waals surface area (Å²) in [5.74, 6) is -0.302. The SMILES string of the molecule is COc1c(O)c(I)cc(C=O)c1-c1c(C=O)cc(I)c(O)c1OC. The highest BCUT2D eigenvalue weighted by atomic mass is 127. The van der Waals surface area contributed by atoms with Gasteiger partial charge in [-0.1, -0.05) is 0 Å². The molecule has 0 aliphatic rings. The molecule has 0 saturated carbocycles. The van der Waals surface area contributed by atoms with E-state index in [0.29, 0.717) is 19.7 Å². The molecule has 2 aromatic carbocycles. The minimum absolute atomic E-state index is 0.0195. The van der Waals surface area contributed by atoms with E-state index in [9.17, 15) is 19.8 Å². The molecule has 0 amide bonds. The Balaban J connectivity index is 3.06. The first-order valence-corrected chi connectivity index (χ1v) is 8.66. The molecular weight excluding hydrogens is 542 g/mol. The van der Waals surface area contributed by atoms with Crippen molar-refractivity contribution < 1.29 is 29.3 Å².